The predicted octanol–water partition coefficient (Wildman–Crippen LogP) is 4.76. The molecule has 3 aromatic heterocycles. The van der Waals surface area contributed by atoms with E-state index >= 15 is 0 Å². The smallest absolute Gasteiger partial charge is 0.410 e. The van der Waals surface area contributed by atoms with Crippen molar-refractivity contribution >= 4 is 28.7 Å². The lowest BCUT2D eigenvalue weighted by Gasteiger charge is -2.38. The standard InChI is InChI=1S/C27H30ClFN6O3/c1-14(2)21-22(15(3)7-8-32-21)35-24-16(11-18(29)23(28)33-24)20(17(12-30)25(35)36)19-13-31-9-10-34(19)26(37)38-27(4,5)6/h7-8,11,14,19,31H,9-10,13H2,1-6H3. The quantitative estimate of drug-likeness (QED) is 0.476. The Labute approximate surface area is 225 Å². The topological polar surface area (TPSA) is 113 Å². The molecule has 4 heterocycles. The summed E-state index contributed by atoms with van der Waals surface area (Å²) in [5.41, 5.74) is 0.423. The summed E-state index contributed by atoms with van der Waals surface area (Å²) >= 11 is 6.13. The zero-order chi connectivity index (χ0) is 27.9. The van der Waals surface area contributed by atoms with Crippen LogP contribution in [0.25, 0.3) is 16.7 Å². The van der Waals surface area contributed by atoms with Gasteiger partial charge >= 0.3 is 6.09 Å². The van der Waals surface area contributed by atoms with Crippen LogP contribution in [0.4, 0.5) is 9.18 Å². The number of rotatable bonds is 3. The number of amides is 1. The van der Waals surface area contributed by atoms with Gasteiger partial charge in [0.15, 0.2) is 11.0 Å². The molecule has 0 bridgehead atoms. The van der Waals surface area contributed by atoms with Crippen molar-refractivity contribution in [1.29, 1.82) is 5.26 Å². The predicted molar refractivity (Wildman–Crippen MR) is 142 cm³/mol. The number of hydrogen-bond donors (Lipinski definition) is 1. The summed E-state index contributed by atoms with van der Waals surface area (Å²) in [6, 6.07) is 4.15. The SMILES string of the molecule is Cc1ccnc(C(C)C)c1-n1c(=O)c(C#N)c(C2CNCCN2C(=O)OC(C)(C)C)c2cc(F)c(Cl)nc21. The fourth-order valence-corrected chi connectivity index (χ4v) is 4.87. The van der Waals surface area contributed by atoms with Crippen LogP contribution in [0, 0.1) is 24.1 Å². The number of aryl methyl sites for hydroxylation is 1. The summed E-state index contributed by atoms with van der Waals surface area (Å²) in [6.45, 7) is 11.9. The van der Waals surface area contributed by atoms with Gasteiger partial charge in [-0.3, -0.25) is 19.2 Å². The fourth-order valence-electron chi connectivity index (χ4n) is 4.73. The van der Waals surface area contributed by atoms with E-state index in [4.69, 9.17) is 16.3 Å². The number of aromatic nitrogens is 3. The Hall–Kier alpha value is -3.55. The Balaban J connectivity index is 2.11. The van der Waals surface area contributed by atoms with E-state index in [-0.39, 0.29) is 41.2 Å². The van der Waals surface area contributed by atoms with Crippen molar-refractivity contribution in [1.82, 2.24) is 24.8 Å². The second kappa shape index (κ2) is 10.3. The van der Waals surface area contributed by atoms with Crippen LogP contribution in [0.1, 0.15) is 69.0 Å². The molecule has 1 fully saturated rings. The maximum atomic E-state index is 14.9. The third-order valence-electron chi connectivity index (χ3n) is 6.34. The lowest BCUT2D eigenvalue weighted by atomic mass is 9.95. The first kappa shape index (κ1) is 27.5. The molecule has 9 nitrogen and oxygen atoms in total. The van der Waals surface area contributed by atoms with Gasteiger partial charge in [-0.05, 0) is 51.3 Å². The molecule has 11 heteroatoms. The molecule has 1 saturated heterocycles. The zero-order valence-electron chi connectivity index (χ0n) is 22.2. The largest absolute Gasteiger partial charge is 0.444 e. The number of hydrogen-bond acceptors (Lipinski definition) is 7. The third-order valence-corrected chi connectivity index (χ3v) is 6.61. The Kier molecular flexibility index (Phi) is 7.46. The van der Waals surface area contributed by atoms with E-state index in [0.29, 0.717) is 17.9 Å². The van der Waals surface area contributed by atoms with Crippen molar-refractivity contribution in [3.05, 3.63) is 62.0 Å². The van der Waals surface area contributed by atoms with E-state index in [1.807, 2.05) is 26.8 Å². The van der Waals surface area contributed by atoms with Crippen LogP contribution >= 0.6 is 11.6 Å². The van der Waals surface area contributed by atoms with Gasteiger partial charge < -0.3 is 10.1 Å². The highest BCUT2D eigenvalue weighted by atomic mass is 35.5. The van der Waals surface area contributed by atoms with Crippen molar-refractivity contribution < 1.29 is 13.9 Å². The van der Waals surface area contributed by atoms with Crippen molar-refractivity contribution in [3.63, 3.8) is 0 Å². The minimum absolute atomic E-state index is 0.0711. The Bertz CT molecular complexity index is 1520. The molecule has 3 aromatic rings. The minimum atomic E-state index is -0.811. The molecule has 38 heavy (non-hydrogen) atoms. The molecule has 1 amide bonds. The zero-order valence-corrected chi connectivity index (χ0v) is 23.0. The number of nitrogens with zero attached hydrogens (tertiary/aromatic N) is 5. The van der Waals surface area contributed by atoms with Crippen LogP contribution < -0.4 is 10.9 Å². The summed E-state index contributed by atoms with van der Waals surface area (Å²) in [5, 5.41) is 13.3. The molecule has 0 radical (unpaired) electrons. The molecule has 1 atom stereocenters. The third kappa shape index (κ3) is 4.96. The number of ether oxygens (including phenoxy) is 1. The second-order valence-electron chi connectivity index (χ2n) is 10.6. The number of carbonyl (C=O) groups is 1. The van der Waals surface area contributed by atoms with Crippen LogP contribution in [-0.2, 0) is 4.74 Å². The molecule has 0 aliphatic carbocycles. The van der Waals surface area contributed by atoms with Gasteiger partial charge in [0.1, 0.15) is 22.9 Å². The van der Waals surface area contributed by atoms with E-state index in [9.17, 15) is 19.2 Å². The van der Waals surface area contributed by atoms with Gasteiger partial charge in [-0.25, -0.2) is 14.2 Å². The number of nitrogens with one attached hydrogen (secondary N) is 1. The van der Waals surface area contributed by atoms with Crippen LogP contribution in [-0.4, -0.2) is 50.8 Å². The van der Waals surface area contributed by atoms with Crippen molar-refractivity contribution in [2.24, 2.45) is 0 Å². The number of nitriles is 1. The summed E-state index contributed by atoms with van der Waals surface area (Å²) in [5.74, 6) is -0.882. The number of fused-ring (bicyclic) bond motifs is 1. The number of pyridine rings is 3. The summed E-state index contributed by atoms with van der Waals surface area (Å²) < 4.78 is 21.8. The van der Waals surface area contributed by atoms with Crippen LogP contribution in [0.2, 0.25) is 5.15 Å². The normalized spacial score (nSPS) is 16.1. The van der Waals surface area contributed by atoms with E-state index in [2.05, 4.69) is 15.3 Å². The molecule has 200 valence electrons. The first-order chi connectivity index (χ1) is 17.9. The summed E-state index contributed by atoms with van der Waals surface area (Å²) in [7, 11) is 0. The van der Waals surface area contributed by atoms with Crippen LogP contribution in [0.3, 0.4) is 0 Å². The summed E-state index contributed by atoms with van der Waals surface area (Å²) in [6.07, 6.45) is 1.05. The van der Waals surface area contributed by atoms with Crippen LogP contribution in [0.15, 0.2) is 23.1 Å². The van der Waals surface area contributed by atoms with Gasteiger partial charge in [0, 0.05) is 36.8 Å². The lowest BCUT2D eigenvalue weighted by molar-refractivity contribution is 0.0119. The van der Waals surface area contributed by atoms with Crippen LogP contribution in [0.5, 0.6) is 0 Å². The van der Waals surface area contributed by atoms with Gasteiger partial charge in [0.25, 0.3) is 5.56 Å². The molecule has 1 aliphatic rings. The molecule has 0 spiro atoms. The minimum Gasteiger partial charge on any atom is -0.444 e. The molecular weight excluding hydrogens is 511 g/mol. The fraction of sp³-hybridized carbons (Fsp3) is 0.444. The molecule has 4 rings (SSSR count). The van der Waals surface area contributed by atoms with Gasteiger partial charge in [-0.15, -0.1) is 0 Å². The van der Waals surface area contributed by atoms with Gasteiger partial charge in [0.05, 0.1) is 17.4 Å². The monoisotopic (exact) mass is 540 g/mol. The van der Waals surface area contributed by atoms with Crippen molar-refractivity contribution in [2.45, 2.75) is 59.1 Å². The van der Waals surface area contributed by atoms with Gasteiger partial charge in [-0.2, -0.15) is 5.26 Å². The Morgan fingerprint density at radius 1 is 1.37 bits per heavy atom. The molecule has 0 saturated carbocycles. The highest BCUT2D eigenvalue weighted by Crippen LogP contribution is 2.35. The molecular formula is C27H30ClFN6O3. The van der Waals surface area contributed by atoms with E-state index in [0.717, 1.165) is 5.56 Å². The lowest BCUT2D eigenvalue weighted by Crippen LogP contribution is -2.50. The van der Waals surface area contributed by atoms with Gasteiger partial charge in [0.2, 0.25) is 0 Å². The van der Waals surface area contributed by atoms with E-state index in [1.54, 1.807) is 33.0 Å². The highest BCUT2D eigenvalue weighted by Gasteiger charge is 2.36. The molecule has 1 N–H and O–H groups in total. The second-order valence-corrected chi connectivity index (χ2v) is 10.9. The number of halogens is 2. The maximum absolute atomic E-state index is 14.9. The number of carbonyl (C=O) groups excluding carboxylic acids is 1. The molecule has 1 unspecified atom stereocenters. The maximum Gasteiger partial charge on any atom is 0.410 e. The average Bonchev–Trinajstić information content (AvgIpc) is 2.84. The first-order valence-corrected chi connectivity index (χ1v) is 12.7. The van der Waals surface area contributed by atoms with Crippen molar-refractivity contribution in [2.75, 3.05) is 19.6 Å². The van der Waals surface area contributed by atoms with E-state index < -0.39 is 34.3 Å². The average molecular weight is 541 g/mol. The first-order valence-electron chi connectivity index (χ1n) is 12.4. The Morgan fingerprint density at radius 3 is 2.71 bits per heavy atom. The van der Waals surface area contributed by atoms with Crippen molar-refractivity contribution in [3.8, 4) is 11.8 Å². The van der Waals surface area contributed by atoms with E-state index in [1.165, 1.54) is 15.5 Å². The summed E-state index contributed by atoms with van der Waals surface area (Å²) in [4.78, 5) is 37.5. The molecule has 0 aromatic carbocycles. The number of piperazine rings is 1. The van der Waals surface area contributed by atoms with Gasteiger partial charge in [-0.1, -0.05) is 25.4 Å². The highest BCUT2D eigenvalue weighted by molar-refractivity contribution is 6.30. The Morgan fingerprint density at radius 2 is 2.08 bits per heavy atom. The molecule has 1 aliphatic heterocycles.